The summed E-state index contributed by atoms with van der Waals surface area (Å²) in [5.74, 6) is 1.14. The smallest absolute Gasteiger partial charge is 0.265 e. The van der Waals surface area contributed by atoms with Crippen LogP contribution in [-0.4, -0.2) is 9.97 Å². The first-order valence-corrected chi connectivity index (χ1v) is 6.81. The van der Waals surface area contributed by atoms with Crippen molar-refractivity contribution in [2.24, 2.45) is 0 Å². The van der Waals surface area contributed by atoms with E-state index in [1.165, 1.54) is 0 Å². The van der Waals surface area contributed by atoms with Crippen LogP contribution in [0, 0.1) is 0 Å². The monoisotopic (exact) mass is 296 g/mol. The van der Waals surface area contributed by atoms with Gasteiger partial charge in [-0.2, -0.15) is 11.3 Å². The Bertz CT molecular complexity index is 572. The molecule has 0 unspecified atom stereocenters. The highest BCUT2D eigenvalue weighted by atomic mass is 79.9. The maximum atomic E-state index is 11.7. The molecule has 2 aromatic heterocycles. The molecule has 0 aliphatic heterocycles. The summed E-state index contributed by atoms with van der Waals surface area (Å²) in [5, 5.41) is 3.97. The Morgan fingerprint density at radius 1 is 1.50 bits per heavy atom. The highest BCUT2D eigenvalue weighted by molar-refractivity contribution is 9.10. The number of hydrogen-bond donors (Lipinski definition) is 1. The number of H-pyrrole nitrogens is 1. The fourth-order valence-electron chi connectivity index (χ4n) is 1.64. The van der Waals surface area contributed by atoms with E-state index in [2.05, 4.69) is 25.9 Å². The Balaban J connectivity index is 2.17. The zero-order chi connectivity index (χ0) is 11.1. The van der Waals surface area contributed by atoms with Gasteiger partial charge in [-0.1, -0.05) is 0 Å². The SMILES string of the molecule is O=c1[nH]c(-c2ccsc2)nc(C2CC2)c1Br. The van der Waals surface area contributed by atoms with E-state index in [9.17, 15) is 4.79 Å². The molecule has 16 heavy (non-hydrogen) atoms. The summed E-state index contributed by atoms with van der Waals surface area (Å²) in [6, 6.07) is 1.97. The van der Waals surface area contributed by atoms with Crippen molar-refractivity contribution in [1.82, 2.24) is 9.97 Å². The summed E-state index contributed by atoms with van der Waals surface area (Å²) in [4.78, 5) is 19.1. The summed E-state index contributed by atoms with van der Waals surface area (Å²) < 4.78 is 0.592. The van der Waals surface area contributed by atoms with Crippen molar-refractivity contribution >= 4 is 27.3 Å². The molecule has 2 heterocycles. The van der Waals surface area contributed by atoms with Gasteiger partial charge in [0.15, 0.2) is 0 Å². The number of thiophene rings is 1. The number of halogens is 1. The molecule has 3 nitrogen and oxygen atoms in total. The molecule has 5 heteroatoms. The Labute approximate surface area is 105 Å². The van der Waals surface area contributed by atoms with Crippen LogP contribution in [0.2, 0.25) is 0 Å². The van der Waals surface area contributed by atoms with Gasteiger partial charge in [-0.05, 0) is 40.2 Å². The molecule has 1 aliphatic rings. The lowest BCUT2D eigenvalue weighted by Crippen LogP contribution is -2.12. The normalized spacial score (nSPS) is 15.3. The molecule has 82 valence electrons. The van der Waals surface area contributed by atoms with Crippen molar-refractivity contribution in [3.63, 3.8) is 0 Å². The van der Waals surface area contributed by atoms with Crippen LogP contribution in [0.15, 0.2) is 26.1 Å². The quantitative estimate of drug-likeness (QED) is 0.925. The summed E-state index contributed by atoms with van der Waals surface area (Å²) in [7, 11) is 0. The van der Waals surface area contributed by atoms with Crippen LogP contribution in [0.4, 0.5) is 0 Å². The molecule has 0 bridgehead atoms. The Hall–Kier alpha value is -0.940. The van der Waals surface area contributed by atoms with Gasteiger partial charge in [0.2, 0.25) is 0 Å². The van der Waals surface area contributed by atoms with Crippen LogP contribution >= 0.6 is 27.3 Å². The zero-order valence-electron chi connectivity index (χ0n) is 8.37. The van der Waals surface area contributed by atoms with Gasteiger partial charge in [-0.3, -0.25) is 4.79 Å². The molecule has 2 aromatic rings. The molecule has 0 aromatic carbocycles. The summed E-state index contributed by atoms with van der Waals surface area (Å²) >= 11 is 4.92. The van der Waals surface area contributed by atoms with Crippen LogP contribution in [0.25, 0.3) is 11.4 Å². The number of aromatic amines is 1. The first kappa shape index (κ1) is 10.2. The largest absolute Gasteiger partial charge is 0.306 e. The van der Waals surface area contributed by atoms with Crippen LogP contribution in [-0.2, 0) is 0 Å². The van der Waals surface area contributed by atoms with Gasteiger partial charge in [0.25, 0.3) is 5.56 Å². The number of rotatable bonds is 2. The summed E-state index contributed by atoms with van der Waals surface area (Å²) in [6.45, 7) is 0. The predicted molar refractivity (Wildman–Crippen MR) is 67.8 cm³/mol. The third-order valence-corrected chi connectivity index (χ3v) is 4.10. The van der Waals surface area contributed by atoms with E-state index in [1.807, 2.05) is 16.8 Å². The predicted octanol–water partition coefficient (Wildman–Crippen LogP) is 3.14. The van der Waals surface area contributed by atoms with Gasteiger partial charge >= 0.3 is 0 Å². The highest BCUT2D eigenvalue weighted by Crippen LogP contribution is 2.41. The minimum Gasteiger partial charge on any atom is -0.306 e. The minimum absolute atomic E-state index is 0.0851. The van der Waals surface area contributed by atoms with Gasteiger partial charge in [0, 0.05) is 16.9 Å². The number of hydrogen-bond acceptors (Lipinski definition) is 3. The maximum Gasteiger partial charge on any atom is 0.265 e. The lowest BCUT2D eigenvalue weighted by molar-refractivity contribution is 0.961. The number of nitrogens with zero attached hydrogens (tertiary/aromatic N) is 1. The zero-order valence-corrected chi connectivity index (χ0v) is 10.8. The standard InChI is InChI=1S/C11H9BrN2OS/c12-8-9(6-1-2-6)13-10(14-11(8)15)7-3-4-16-5-7/h3-6H,1-2H2,(H,13,14,15). The van der Waals surface area contributed by atoms with Crippen molar-refractivity contribution in [1.29, 1.82) is 0 Å². The second-order valence-electron chi connectivity index (χ2n) is 3.90. The lowest BCUT2D eigenvalue weighted by atomic mass is 10.2. The second kappa shape index (κ2) is 3.82. The molecular formula is C11H9BrN2OS. The molecule has 1 N–H and O–H groups in total. The van der Waals surface area contributed by atoms with Crippen molar-refractivity contribution in [3.05, 3.63) is 37.3 Å². The van der Waals surface area contributed by atoms with Gasteiger partial charge in [-0.25, -0.2) is 4.98 Å². The van der Waals surface area contributed by atoms with Crippen LogP contribution in [0.3, 0.4) is 0 Å². The molecule has 0 spiro atoms. The Kier molecular flexibility index (Phi) is 2.44. The first-order chi connectivity index (χ1) is 7.75. The van der Waals surface area contributed by atoms with Gasteiger partial charge in [0.1, 0.15) is 10.3 Å². The van der Waals surface area contributed by atoms with Crippen LogP contribution in [0.5, 0.6) is 0 Å². The molecule has 3 rings (SSSR count). The average Bonchev–Trinajstić information content (AvgIpc) is 2.96. The number of nitrogens with one attached hydrogen (secondary N) is 1. The highest BCUT2D eigenvalue weighted by Gasteiger charge is 2.29. The van der Waals surface area contributed by atoms with Crippen LogP contribution < -0.4 is 5.56 Å². The van der Waals surface area contributed by atoms with E-state index in [-0.39, 0.29) is 5.56 Å². The first-order valence-electron chi connectivity index (χ1n) is 5.08. The molecular weight excluding hydrogens is 288 g/mol. The van der Waals surface area contributed by atoms with E-state index < -0.39 is 0 Å². The third kappa shape index (κ3) is 1.74. The van der Waals surface area contributed by atoms with E-state index >= 15 is 0 Å². The summed E-state index contributed by atoms with van der Waals surface area (Å²) in [5.41, 5.74) is 1.81. The van der Waals surface area contributed by atoms with Crippen LogP contribution in [0.1, 0.15) is 24.5 Å². The minimum atomic E-state index is -0.0851. The van der Waals surface area contributed by atoms with Crippen molar-refractivity contribution in [2.75, 3.05) is 0 Å². The topological polar surface area (TPSA) is 45.8 Å². The molecule has 0 atom stereocenters. The van der Waals surface area contributed by atoms with Crippen molar-refractivity contribution < 1.29 is 0 Å². The van der Waals surface area contributed by atoms with E-state index in [0.29, 0.717) is 16.2 Å². The fourth-order valence-corrected chi connectivity index (χ4v) is 2.79. The molecule has 1 fully saturated rings. The summed E-state index contributed by atoms with van der Waals surface area (Å²) in [6.07, 6.45) is 2.27. The van der Waals surface area contributed by atoms with E-state index in [4.69, 9.17) is 0 Å². The average molecular weight is 297 g/mol. The number of aromatic nitrogens is 2. The second-order valence-corrected chi connectivity index (χ2v) is 5.47. The van der Waals surface area contributed by atoms with Gasteiger partial charge < -0.3 is 4.98 Å². The molecule has 0 radical (unpaired) electrons. The molecule has 1 saturated carbocycles. The van der Waals surface area contributed by atoms with Gasteiger partial charge in [-0.15, -0.1) is 0 Å². The Morgan fingerprint density at radius 2 is 2.31 bits per heavy atom. The van der Waals surface area contributed by atoms with E-state index in [0.717, 1.165) is 24.1 Å². The molecule has 0 amide bonds. The van der Waals surface area contributed by atoms with E-state index in [1.54, 1.807) is 11.3 Å². The Morgan fingerprint density at radius 3 is 2.94 bits per heavy atom. The lowest BCUT2D eigenvalue weighted by Gasteiger charge is -2.03. The van der Waals surface area contributed by atoms with Gasteiger partial charge in [0.05, 0.1) is 5.69 Å². The molecule has 0 saturated heterocycles. The van der Waals surface area contributed by atoms with Crippen molar-refractivity contribution in [2.45, 2.75) is 18.8 Å². The maximum absolute atomic E-state index is 11.7. The third-order valence-electron chi connectivity index (χ3n) is 2.65. The molecule has 1 aliphatic carbocycles. The fraction of sp³-hybridized carbons (Fsp3) is 0.273. The van der Waals surface area contributed by atoms with Crippen molar-refractivity contribution in [3.8, 4) is 11.4 Å².